The Hall–Kier alpha value is -4.13. The molecule has 0 radical (unpaired) electrons. The summed E-state index contributed by atoms with van der Waals surface area (Å²) in [6.07, 6.45) is 0.0264. The lowest BCUT2D eigenvalue weighted by Crippen LogP contribution is -2.32. The van der Waals surface area contributed by atoms with Gasteiger partial charge in [-0.2, -0.15) is 0 Å². The molecular formula is C27H25FN2O4. The van der Waals surface area contributed by atoms with Gasteiger partial charge >= 0.3 is 0 Å². The molecule has 0 bridgehead atoms. The number of aryl methyl sites for hydroxylation is 1. The number of rotatable bonds is 7. The SMILES string of the molecule is COc1ccc(C)cc1N1C(=O)C(Nc2ccc(OC(C)C)cc2)=C(c2ccc(F)cc2)C1=O. The van der Waals surface area contributed by atoms with Gasteiger partial charge in [-0.3, -0.25) is 9.59 Å². The van der Waals surface area contributed by atoms with Gasteiger partial charge in [0.2, 0.25) is 0 Å². The quantitative estimate of drug-likeness (QED) is 0.483. The fourth-order valence-electron chi connectivity index (χ4n) is 3.76. The number of imide groups is 1. The molecule has 0 aliphatic carbocycles. The van der Waals surface area contributed by atoms with Crippen LogP contribution in [0.4, 0.5) is 15.8 Å². The van der Waals surface area contributed by atoms with E-state index in [-0.39, 0.29) is 17.4 Å². The van der Waals surface area contributed by atoms with Gasteiger partial charge < -0.3 is 14.8 Å². The number of carbonyl (C=O) groups excluding carboxylic acids is 2. The van der Waals surface area contributed by atoms with Gasteiger partial charge in [0.25, 0.3) is 11.8 Å². The average molecular weight is 461 g/mol. The highest BCUT2D eigenvalue weighted by Crippen LogP contribution is 2.38. The second-order valence-electron chi connectivity index (χ2n) is 8.19. The van der Waals surface area contributed by atoms with Gasteiger partial charge in [-0.15, -0.1) is 0 Å². The summed E-state index contributed by atoms with van der Waals surface area (Å²) in [7, 11) is 1.48. The van der Waals surface area contributed by atoms with Crippen molar-refractivity contribution in [2.24, 2.45) is 0 Å². The monoisotopic (exact) mass is 460 g/mol. The van der Waals surface area contributed by atoms with E-state index in [1.165, 1.54) is 31.4 Å². The minimum atomic E-state index is -0.532. The molecule has 0 fully saturated rings. The van der Waals surface area contributed by atoms with E-state index in [1.807, 2.05) is 26.8 Å². The molecule has 174 valence electrons. The van der Waals surface area contributed by atoms with E-state index in [9.17, 15) is 14.0 Å². The lowest BCUT2D eigenvalue weighted by molar-refractivity contribution is -0.120. The largest absolute Gasteiger partial charge is 0.495 e. The number of benzene rings is 3. The van der Waals surface area contributed by atoms with Crippen LogP contribution in [0.15, 0.2) is 72.4 Å². The third kappa shape index (κ3) is 4.50. The number of hydrogen-bond donors (Lipinski definition) is 1. The molecule has 0 unspecified atom stereocenters. The maximum atomic E-state index is 13.6. The standard InChI is InChI=1S/C27H25FN2O4/c1-16(2)34-21-12-10-20(11-13-21)29-25-24(18-6-8-19(28)9-7-18)26(31)30(27(25)32)22-15-17(3)5-14-23(22)33-4/h5-16,29H,1-4H3. The second kappa shape index (κ2) is 9.39. The number of ether oxygens (including phenoxy) is 2. The first-order chi connectivity index (χ1) is 16.3. The molecule has 1 aliphatic heterocycles. The average Bonchev–Trinajstić information content (AvgIpc) is 3.04. The Morgan fingerprint density at radius 3 is 2.21 bits per heavy atom. The van der Waals surface area contributed by atoms with Crippen molar-refractivity contribution >= 4 is 28.8 Å². The van der Waals surface area contributed by atoms with E-state index in [2.05, 4.69) is 5.32 Å². The Kier molecular flexibility index (Phi) is 6.36. The Bertz CT molecular complexity index is 1260. The molecule has 0 aromatic heterocycles. The molecule has 4 rings (SSSR count). The normalized spacial score (nSPS) is 13.6. The number of hydrogen-bond acceptors (Lipinski definition) is 5. The summed E-state index contributed by atoms with van der Waals surface area (Å²) in [6, 6.07) is 17.8. The Morgan fingerprint density at radius 2 is 1.59 bits per heavy atom. The van der Waals surface area contributed by atoms with Crippen LogP contribution in [0.2, 0.25) is 0 Å². The van der Waals surface area contributed by atoms with E-state index in [0.717, 1.165) is 10.5 Å². The van der Waals surface area contributed by atoms with E-state index < -0.39 is 17.6 Å². The number of carbonyl (C=O) groups is 2. The number of nitrogens with zero attached hydrogens (tertiary/aromatic N) is 1. The molecule has 3 aromatic carbocycles. The molecule has 34 heavy (non-hydrogen) atoms. The summed E-state index contributed by atoms with van der Waals surface area (Å²) in [4.78, 5) is 28.3. The zero-order chi connectivity index (χ0) is 24.4. The van der Waals surface area contributed by atoms with E-state index in [4.69, 9.17) is 9.47 Å². The van der Waals surface area contributed by atoms with Crippen molar-refractivity contribution in [1.82, 2.24) is 0 Å². The third-order valence-corrected chi connectivity index (χ3v) is 5.29. The van der Waals surface area contributed by atoms with Crippen LogP contribution in [0.3, 0.4) is 0 Å². The summed E-state index contributed by atoms with van der Waals surface area (Å²) in [5, 5.41) is 3.09. The molecule has 6 nitrogen and oxygen atoms in total. The van der Waals surface area contributed by atoms with Gasteiger partial charge in [0, 0.05) is 5.69 Å². The summed E-state index contributed by atoms with van der Waals surface area (Å²) in [5.41, 5.74) is 2.48. The van der Waals surface area contributed by atoms with Crippen molar-refractivity contribution < 1.29 is 23.5 Å². The van der Waals surface area contributed by atoms with Crippen molar-refractivity contribution in [3.8, 4) is 11.5 Å². The second-order valence-corrected chi connectivity index (χ2v) is 8.19. The summed E-state index contributed by atoms with van der Waals surface area (Å²) in [6.45, 7) is 5.73. The molecule has 0 spiro atoms. The van der Waals surface area contributed by atoms with Crippen LogP contribution < -0.4 is 19.7 Å². The summed E-state index contributed by atoms with van der Waals surface area (Å²) < 4.78 is 24.7. The van der Waals surface area contributed by atoms with Gasteiger partial charge in [-0.1, -0.05) is 18.2 Å². The highest BCUT2D eigenvalue weighted by molar-refractivity contribution is 6.46. The van der Waals surface area contributed by atoms with Gasteiger partial charge in [-0.25, -0.2) is 9.29 Å². The number of halogens is 1. The van der Waals surface area contributed by atoms with Gasteiger partial charge in [0.05, 0.1) is 24.5 Å². The number of methoxy groups -OCH3 is 1. The first kappa shape index (κ1) is 23.0. The molecule has 1 aliphatic rings. The van der Waals surface area contributed by atoms with Crippen LogP contribution in [0.1, 0.15) is 25.0 Å². The van der Waals surface area contributed by atoms with Crippen LogP contribution in [0.5, 0.6) is 11.5 Å². The predicted molar refractivity (Wildman–Crippen MR) is 129 cm³/mol. The van der Waals surface area contributed by atoms with Crippen molar-refractivity contribution in [3.63, 3.8) is 0 Å². The molecule has 7 heteroatoms. The molecule has 1 heterocycles. The molecular weight excluding hydrogens is 435 g/mol. The summed E-state index contributed by atoms with van der Waals surface area (Å²) in [5.74, 6) is -0.414. The number of amides is 2. The van der Waals surface area contributed by atoms with Crippen molar-refractivity contribution in [3.05, 3.63) is 89.4 Å². The maximum Gasteiger partial charge on any atom is 0.282 e. The smallest absolute Gasteiger partial charge is 0.282 e. The predicted octanol–water partition coefficient (Wildman–Crippen LogP) is 5.33. The fourth-order valence-corrected chi connectivity index (χ4v) is 3.76. The van der Waals surface area contributed by atoms with E-state index >= 15 is 0 Å². The Balaban J connectivity index is 1.78. The Morgan fingerprint density at radius 1 is 0.912 bits per heavy atom. The van der Waals surface area contributed by atoms with Gasteiger partial charge in [-0.05, 0) is 80.4 Å². The molecule has 3 aromatic rings. The topological polar surface area (TPSA) is 67.9 Å². The minimum absolute atomic E-state index is 0.0264. The van der Waals surface area contributed by atoms with Crippen LogP contribution in [-0.4, -0.2) is 25.0 Å². The molecule has 0 atom stereocenters. The first-order valence-corrected chi connectivity index (χ1v) is 10.9. The van der Waals surface area contributed by atoms with Crippen molar-refractivity contribution in [2.75, 3.05) is 17.3 Å². The lowest BCUT2D eigenvalue weighted by atomic mass is 10.0. The van der Waals surface area contributed by atoms with E-state index in [1.54, 1.807) is 36.4 Å². The van der Waals surface area contributed by atoms with E-state index in [0.29, 0.717) is 28.4 Å². The highest BCUT2D eigenvalue weighted by Gasteiger charge is 2.41. The number of nitrogens with one attached hydrogen (secondary N) is 1. The molecule has 0 saturated heterocycles. The van der Waals surface area contributed by atoms with Crippen LogP contribution in [-0.2, 0) is 9.59 Å². The molecule has 0 saturated carbocycles. The lowest BCUT2D eigenvalue weighted by Gasteiger charge is -2.19. The maximum absolute atomic E-state index is 13.6. The zero-order valence-electron chi connectivity index (χ0n) is 19.4. The molecule has 1 N–H and O–H groups in total. The Labute approximate surface area is 197 Å². The van der Waals surface area contributed by atoms with Crippen molar-refractivity contribution in [2.45, 2.75) is 26.9 Å². The van der Waals surface area contributed by atoms with Gasteiger partial charge in [0.15, 0.2) is 0 Å². The van der Waals surface area contributed by atoms with Crippen molar-refractivity contribution in [1.29, 1.82) is 0 Å². The zero-order valence-corrected chi connectivity index (χ0v) is 19.4. The fraction of sp³-hybridized carbons (Fsp3) is 0.185. The first-order valence-electron chi connectivity index (χ1n) is 10.9. The van der Waals surface area contributed by atoms with Crippen LogP contribution in [0.25, 0.3) is 5.57 Å². The third-order valence-electron chi connectivity index (χ3n) is 5.29. The van der Waals surface area contributed by atoms with Gasteiger partial charge in [0.1, 0.15) is 23.0 Å². The number of anilines is 2. The minimum Gasteiger partial charge on any atom is -0.495 e. The van der Waals surface area contributed by atoms with Crippen LogP contribution >= 0.6 is 0 Å². The summed E-state index contributed by atoms with van der Waals surface area (Å²) >= 11 is 0. The van der Waals surface area contributed by atoms with Crippen LogP contribution in [0, 0.1) is 12.7 Å². The highest BCUT2D eigenvalue weighted by atomic mass is 19.1. The molecule has 2 amide bonds.